The number of benzene rings is 3. The molecule has 0 radical (unpaired) electrons. The number of urea groups is 1. The lowest BCUT2D eigenvalue weighted by atomic mass is 10.1. The quantitative estimate of drug-likeness (QED) is 0.386. The van der Waals surface area contributed by atoms with Crippen molar-refractivity contribution in [2.75, 3.05) is 16.8 Å². The number of imide groups is 2. The van der Waals surface area contributed by atoms with Crippen LogP contribution in [0.3, 0.4) is 0 Å². The van der Waals surface area contributed by atoms with Crippen LogP contribution in [0.25, 0.3) is 6.08 Å². The Hall–Kier alpha value is -4.92. The number of hydrogen-bond donors (Lipinski definition) is 3. The van der Waals surface area contributed by atoms with Crippen molar-refractivity contribution in [1.82, 2.24) is 5.32 Å². The standard InChI is InChI=1S/C25H19N3O6/c29-19-11-9-18(10-12-19)28-24(32)21(23(31)27-25(28)33)14-16-5-4-8-20(13-16)34-15-22(30)26-17-6-2-1-3-7-17/h1-14,29H,15H2,(H,26,30)(H,27,31,33). The number of amides is 5. The van der Waals surface area contributed by atoms with Gasteiger partial charge in [0.1, 0.15) is 17.1 Å². The highest BCUT2D eigenvalue weighted by molar-refractivity contribution is 6.39. The van der Waals surface area contributed by atoms with Gasteiger partial charge in [0.2, 0.25) is 0 Å². The summed E-state index contributed by atoms with van der Waals surface area (Å²) in [5.41, 5.74) is 1.04. The van der Waals surface area contributed by atoms with E-state index in [2.05, 4.69) is 10.6 Å². The maximum atomic E-state index is 12.9. The van der Waals surface area contributed by atoms with Gasteiger partial charge in [-0.3, -0.25) is 19.7 Å². The fourth-order valence-electron chi connectivity index (χ4n) is 3.22. The van der Waals surface area contributed by atoms with Gasteiger partial charge in [0.15, 0.2) is 6.61 Å². The highest BCUT2D eigenvalue weighted by Crippen LogP contribution is 2.24. The average Bonchev–Trinajstić information content (AvgIpc) is 2.82. The Morgan fingerprint density at radius 2 is 1.71 bits per heavy atom. The van der Waals surface area contributed by atoms with Gasteiger partial charge in [-0.15, -0.1) is 0 Å². The number of aromatic hydroxyl groups is 1. The minimum Gasteiger partial charge on any atom is -0.508 e. The van der Waals surface area contributed by atoms with Crippen LogP contribution in [0, 0.1) is 0 Å². The molecule has 34 heavy (non-hydrogen) atoms. The maximum absolute atomic E-state index is 12.9. The number of nitrogens with one attached hydrogen (secondary N) is 2. The number of anilines is 2. The van der Waals surface area contributed by atoms with E-state index in [4.69, 9.17) is 4.74 Å². The first-order valence-electron chi connectivity index (χ1n) is 10.2. The molecule has 170 valence electrons. The van der Waals surface area contributed by atoms with Gasteiger partial charge in [-0.1, -0.05) is 30.3 Å². The number of carbonyl (C=O) groups excluding carboxylic acids is 4. The molecule has 0 saturated carbocycles. The Balaban J connectivity index is 1.49. The molecule has 1 fully saturated rings. The van der Waals surface area contributed by atoms with Crippen molar-refractivity contribution in [3.8, 4) is 11.5 Å². The van der Waals surface area contributed by atoms with Crippen LogP contribution in [0.15, 0.2) is 84.4 Å². The fraction of sp³-hybridized carbons (Fsp3) is 0.0400. The molecule has 1 saturated heterocycles. The number of barbiturate groups is 1. The third-order valence-electron chi connectivity index (χ3n) is 4.81. The third-order valence-corrected chi connectivity index (χ3v) is 4.81. The normalized spacial score (nSPS) is 14.6. The number of nitrogens with zero attached hydrogens (tertiary/aromatic N) is 1. The zero-order valence-electron chi connectivity index (χ0n) is 17.7. The van der Waals surface area contributed by atoms with E-state index in [9.17, 15) is 24.3 Å². The first kappa shape index (κ1) is 22.3. The van der Waals surface area contributed by atoms with Gasteiger partial charge in [0.05, 0.1) is 5.69 Å². The lowest BCUT2D eigenvalue weighted by molar-refractivity contribution is -0.122. The highest BCUT2D eigenvalue weighted by Gasteiger charge is 2.36. The van der Waals surface area contributed by atoms with E-state index < -0.39 is 17.8 Å². The minimum absolute atomic E-state index is 0.0327. The zero-order valence-corrected chi connectivity index (χ0v) is 17.7. The molecule has 3 aromatic carbocycles. The molecular formula is C25H19N3O6. The molecule has 0 aliphatic carbocycles. The summed E-state index contributed by atoms with van der Waals surface area (Å²) >= 11 is 0. The van der Waals surface area contributed by atoms with Crippen LogP contribution in [-0.2, 0) is 14.4 Å². The summed E-state index contributed by atoms with van der Waals surface area (Å²) < 4.78 is 5.53. The second-order valence-corrected chi connectivity index (χ2v) is 7.25. The first-order valence-corrected chi connectivity index (χ1v) is 10.2. The Morgan fingerprint density at radius 3 is 2.44 bits per heavy atom. The monoisotopic (exact) mass is 457 g/mol. The lowest BCUT2D eigenvalue weighted by Gasteiger charge is -2.26. The smallest absolute Gasteiger partial charge is 0.335 e. The van der Waals surface area contributed by atoms with Crippen molar-refractivity contribution in [2.24, 2.45) is 0 Å². The Bertz CT molecular complexity index is 1290. The molecule has 0 aromatic heterocycles. The van der Waals surface area contributed by atoms with Crippen LogP contribution in [0.1, 0.15) is 5.56 Å². The largest absolute Gasteiger partial charge is 0.508 e. The molecule has 1 aliphatic heterocycles. The number of phenolic OH excluding ortho intramolecular Hbond substituents is 1. The summed E-state index contributed by atoms with van der Waals surface area (Å²) in [6.07, 6.45) is 1.33. The SMILES string of the molecule is O=C(COc1cccc(C=C2C(=O)NC(=O)N(c3ccc(O)cc3)C2=O)c1)Nc1ccccc1. The topological polar surface area (TPSA) is 125 Å². The minimum atomic E-state index is -0.889. The van der Waals surface area contributed by atoms with Crippen LogP contribution >= 0.6 is 0 Å². The van der Waals surface area contributed by atoms with Crippen molar-refractivity contribution >= 4 is 41.2 Å². The summed E-state index contributed by atoms with van der Waals surface area (Å²) in [6, 6.07) is 19.9. The van der Waals surface area contributed by atoms with E-state index in [1.807, 2.05) is 6.07 Å². The summed E-state index contributed by atoms with van der Waals surface area (Å²) in [4.78, 5) is 50.5. The van der Waals surface area contributed by atoms with Crippen LogP contribution < -0.4 is 20.3 Å². The highest BCUT2D eigenvalue weighted by atomic mass is 16.5. The van der Waals surface area contributed by atoms with Gasteiger partial charge < -0.3 is 15.2 Å². The van der Waals surface area contributed by atoms with Crippen molar-refractivity contribution in [3.63, 3.8) is 0 Å². The van der Waals surface area contributed by atoms with Gasteiger partial charge in [0, 0.05) is 5.69 Å². The van der Waals surface area contributed by atoms with Crippen molar-refractivity contribution < 1.29 is 29.0 Å². The molecule has 5 amide bonds. The molecule has 9 heteroatoms. The van der Waals surface area contributed by atoms with E-state index in [-0.39, 0.29) is 29.5 Å². The van der Waals surface area contributed by atoms with E-state index in [1.165, 1.54) is 30.3 Å². The second kappa shape index (κ2) is 9.70. The number of phenols is 1. The number of para-hydroxylation sites is 1. The molecule has 9 nitrogen and oxygen atoms in total. The Labute approximate surface area is 194 Å². The third kappa shape index (κ3) is 5.10. The van der Waals surface area contributed by atoms with E-state index in [0.717, 1.165) is 4.90 Å². The summed E-state index contributed by atoms with van der Waals surface area (Å²) in [6.45, 7) is -0.239. The van der Waals surface area contributed by atoms with E-state index in [0.29, 0.717) is 17.0 Å². The van der Waals surface area contributed by atoms with E-state index >= 15 is 0 Å². The van der Waals surface area contributed by atoms with Crippen molar-refractivity contribution in [3.05, 3.63) is 90.0 Å². The molecule has 1 aliphatic rings. The molecule has 0 unspecified atom stereocenters. The average molecular weight is 457 g/mol. The predicted molar refractivity (Wildman–Crippen MR) is 124 cm³/mol. The van der Waals surface area contributed by atoms with Crippen LogP contribution in [0.4, 0.5) is 16.2 Å². The Kier molecular flexibility index (Phi) is 6.35. The molecule has 0 atom stereocenters. The molecule has 1 heterocycles. The van der Waals surface area contributed by atoms with Gasteiger partial charge in [-0.2, -0.15) is 0 Å². The predicted octanol–water partition coefficient (Wildman–Crippen LogP) is 3.08. The molecular weight excluding hydrogens is 438 g/mol. The van der Waals surface area contributed by atoms with Gasteiger partial charge in [-0.25, -0.2) is 9.69 Å². The second-order valence-electron chi connectivity index (χ2n) is 7.25. The number of hydrogen-bond acceptors (Lipinski definition) is 6. The molecule has 4 rings (SSSR count). The molecule has 0 bridgehead atoms. The van der Waals surface area contributed by atoms with Crippen LogP contribution in [0.2, 0.25) is 0 Å². The van der Waals surface area contributed by atoms with Crippen LogP contribution in [-0.4, -0.2) is 35.5 Å². The van der Waals surface area contributed by atoms with Crippen molar-refractivity contribution in [2.45, 2.75) is 0 Å². The van der Waals surface area contributed by atoms with Gasteiger partial charge in [0.25, 0.3) is 17.7 Å². The van der Waals surface area contributed by atoms with E-state index in [1.54, 1.807) is 48.5 Å². The number of rotatable bonds is 6. The number of ether oxygens (including phenoxy) is 1. The molecule has 3 aromatic rings. The maximum Gasteiger partial charge on any atom is 0.335 e. The van der Waals surface area contributed by atoms with Crippen LogP contribution in [0.5, 0.6) is 11.5 Å². The van der Waals surface area contributed by atoms with Crippen molar-refractivity contribution in [1.29, 1.82) is 0 Å². The number of carbonyl (C=O) groups is 4. The van der Waals surface area contributed by atoms with Gasteiger partial charge in [-0.05, 0) is 60.2 Å². The zero-order chi connectivity index (χ0) is 24.1. The first-order chi connectivity index (χ1) is 16.4. The van der Waals surface area contributed by atoms with Gasteiger partial charge >= 0.3 is 6.03 Å². The summed E-state index contributed by atoms with van der Waals surface area (Å²) in [7, 11) is 0. The molecule has 0 spiro atoms. The summed E-state index contributed by atoms with van der Waals surface area (Å²) in [5.74, 6) is -1.67. The molecule has 3 N–H and O–H groups in total. The summed E-state index contributed by atoms with van der Waals surface area (Å²) in [5, 5.41) is 14.3. The lowest BCUT2D eigenvalue weighted by Crippen LogP contribution is -2.54. The Morgan fingerprint density at radius 1 is 0.971 bits per heavy atom. The fourth-order valence-corrected chi connectivity index (χ4v) is 3.22.